The van der Waals surface area contributed by atoms with Crippen LogP contribution in [-0.2, 0) is 0 Å². The summed E-state index contributed by atoms with van der Waals surface area (Å²) < 4.78 is 17.9. The maximum absolute atomic E-state index is 13.7. The van der Waals surface area contributed by atoms with Crippen molar-refractivity contribution >= 4 is 60.6 Å². The predicted molar refractivity (Wildman–Crippen MR) is 128 cm³/mol. The number of halogens is 2. The Morgan fingerprint density at radius 3 is 2.52 bits per heavy atom. The van der Waals surface area contributed by atoms with Gasteiger partial charge in [0.25, 0.3) is 0 Å². The molecule has 6 heteroatoms. The van der Waals surface area contributed by atoms with Gasteiger partial charge in [0, 0.05) is 14.8 Å². The van der Waals surface area contributed by atoms with E-state index in [0.29, 0.717) is 0 Å². The summed E-state index contributed by atoms with van der Waals surface area (Å²) in [7, 11) is 0. The molecular weight excluding hydrogens is 496 g/mol. The molecule has 0 bridgehead atoms. The first-order valence-corrected chi connectivity index (χ1v) is 11.1. The fourth-order valence-electron chi connectivity index (χ4n) is 3.63. The van der Waals surface area contributed by atoms with E-state index < -0.39 is 0 Å². The van der Waals surface area contributed by atoms with E-state index in [0.717, 1.165) is 36.8 Å². The number of rotatable bonds is 3. The Bertz CT molecular complexity index is 1370. The number of nitrogens with zero attached hydrogens (tertiary/aromatic N) is 2. The lowest BCUT2D eigenvalue weighted by molar-refractivity contribution is 0.627. The molecule has 0 saturated carbocycles. The summed E-state index contributed by atoms with van der Waals surface area (Å²) in [6.07, 6.45) is 0. The molecule has 0 aliphatic rings. The first-order valence-electron chi connectivity index (χ1n) is 9.21. The molecule has 2 heterocycles. The third kappa shape index (κ3) is 3.11. The van der Waals surface area contributed by atoms with Crippen LogP contribution in [0.25, 0.3) is 26.4 Å². The molecule has 5 aromatic rings. The minimum atomic E-state index is -0.242. The van der Waals surface area contributed by atoms with Crippen molar-refractivity contribution in [2.45, 2.75) is 13.8 Å². The molecule has 3 aromatic carbocycles. The number of benzene rings is 3. The summed E-state index contributed by atoms with van der Waals surface area (Å²) in [4.78, 5) is 5.87. The highest BCUT2D eigenvalue weighted by molar-refractivity contribution is 14.1. The average Bonchev–Trinajstić information content (AvgIpc) is 3.21. The first kappa shape index (κ1) is 18.6. The Balaban J connectivity index is 1.82. The Kier molecular flexibility index (Phi) is 4.55. The average molecular weight is 513 g/mol. The van der Waals surface area contributed by atoms with Gasteiger partial charge in [0.15, 0.2) is 4.96 Å². The van der Waals surface area contributed by atoms with Crippen molar-refractivity contribution in [3.8, 4) is 11.3 Å². The Hall–Kier alpha value is -2.45. The van der Waals surface area contributed by atoms with Crippen LogP contribution in [0.4, 0.5) is 15.9 Å². The number of hydrogen-bond acceptors (Lipinski definition) is 3. The lowest BCUT2D eigenvalue weighted by atomic mass is 10.1. The Labute approximate surface area is 185 Å². The molecule has 2 aromatic heterocycles. The van der Waals surface area contributed by atoms with E-state index in [4.69, 9.17) is 4.98 Å². The number of nitrogens with one attached hydrogen (secondary N) is 1. The van der Waals surface area contributed by atoms with Crippen LogP contribution in [0.15, 0.2) is 60.7 Å². The lowest BCUT2D eigenvalue weighted by Crippen LogP contribution is -2.01. The molecule has 0 unspecified atom stereocenters. The van der Waals surface area contributed by atoms with E-state index in [2.05, 4.69) is 76.5 Å². The van der Waals surface area contributed by atoms with Gasteiger partial charge in [-0.25, -0.2) is 9.37 Å². The van der Waals surface area contributed by atoms with Crippen molar-refractivity contribution in [3.63, 3.8) is 0 Å². The van der Waals surface area contributed by atoms with Crippen LogP contribution in [0.1, 0.15) is 11.1 Å². The van der Waals surface area contributed by atoms with Crippen LogP contribution < -0.4 is 5.32 Å². The van der Waals surface area contributed by atoms with E-state index in [1.54, 1.807) is 17.4 Å². The second-order valence-corrected chi connectivity index (χ2v) is 9.18. The van der Waals surface area contributed by atoms with Gasteiger partial charge >= 0.3 is 0 Å². The van der Waals surface area contributed by atoms with Crippen molar-refractivity contribution in [1.82, 2.24) is 9.38 Å². The Morgan fingerprint density at radius 1 is 1.00 bits per heavy atom. The zero-order chi connectivity index (χ0) is 20.1. The molecule has 0 radical (unpaired) electrons. The predicted octanol–water partition coefficient (Wildman–Crippen LogP) is 7.32. The monoisotopic (exact) mass is 513 g/mol. The van der Waals surface area contributed by atoms with Gasteiger partial charge in [0.05, 0.1) is 10.2 Å². The number of thiazole rings is 1. The lowest BCUT2D eigenvalue weighted by Gasteiger charge is -2.14. The van der Waals surface area contributed by atoms with Crippen LogP contribution in [0.3, 0.4) is 0 Å². The van der Waals surface area contributed by atoms with E-state index in [1.165, 1.54) is 21.9 Å². The summed E-state index contributed by atoms with van der Waals surface area (Å²) in [5.41, 5.74) is 6.26. The van der Waals surface area contributed by atoms with Crippen LogP contribution in [-0.4, -0.2) is 9.38 Å². The van der Waals surface area contributed by atoms with Crippen LogP contribution >= 0.6 is 33.9 Å². The normalized spacial score (nSPS) is 11.4. The second-order valence-electron chi connectivity index (χ2n) is 7.01. The van der Waals surface area contributed by atoms with Gasteiger partial charge in [-0.2, -0.15) is 0 Å². The van der Waals surface area contributed by atoms with Crippen molar-refractivity contribution < 1.29 is 4.39 Å². The van der Waals surface area contributed by atoms with Gasteiger partial charge in [0.1, 0.15) is 17.3 Å². The molecular formula is C23H17FIN3S. The van der Waals surface area contributed by atoms with Crippen molar-refractivity contribution in [2.75, 3.05) is 5.32 Å². The summed E-state index contributed by atoms with van der Waals surface area (Å²) in [6, 6.07) is 19.4. The van der Waals surface area contributed by atoms with E-state index in [-0.39, 0.29) is 5.82 Å². The molecule has 0 aliphatic carbocycles. The summed E-state index contributed by atoms with van der Waals surface area (Å²) >= 11 is 3.83. The zero-order valence-electron chi connectivity index (χ0n) is 15.8. The number of fused-ring (bicyclic) bond motifs is 3. The minimum absolute atomic E-state index is 0.242. The van der Waals surface area contributed by atoms with Gasteiger partial charge in [-0.1, -0.05) is 41.7 Å². The topological polar surface area (TPSA) is 29.3 Å². The highest BCUT2D eigenvalue weighted by atomic mass is 127. The van der Waals surface area contributed by atoms with Gasteiger partial charge in [0.2, 0.25) is 0 Å². The molecule has 0 saturated heterocycles. The van der Waals surface area contributed by atoms with Gasteiger partial charge < -0.3 is 5.32 Å². The van der Waals surface area contributed by atoms with Gasteiger partial charge in [-0.3, -0.25) is 4.40 Å². The SMILES string of the molecule is Cc1cccc(C)c1Nc1c(-c2ccc(F)cc2I)nc2sc3ccccc3n12. The van der Waals surface area contributed by atoms with Gasteiger partial charge in [-0.15, -0.1) is 0 Å². The molecule has 0 fully saturated rings. The number of aryl methyl sites for hydroxylation is 2. The number of imidazole rings is 1. The molecule has 1 N–H and O–H groups in total. The molecule has 0 atom stereocenters. The molecule has 144 valence electrons. The third-order valence-electron chi connectivity index (χ3n) is 5.06. The fourth-order valence-corrected chi connectivity index (χ4v) is 5.39. The summed E-state index contributed by atoms with van der Waals surface area (Å²) in [6.45, 7) is 4.20. The summed E-state index contributed by atoms with van der Waals surface area (Å²) in [5, 5.41) is 3.66. The zero-order valence-corrected chi connectivity index (χ0v) is 18.8. The number of aromatic nitrogens is 2. The quantitative estimate of drug-likeness (QED) is 0.256. The first-order chi connectivity index (χ1) is 14.0. The highest BCUT2D eigenvalue weighted by Gasteiger charge is 2.21. The number of anilines is 2. The fraction of sp³-hybridized carbons (Fsp3) is 0.0870. The summed E-state index contributed by atoms with van der Waals surface area (Å²) in [5.74, 6) is 0.660. The second kappa shape index (κ2) is 7.11. The van der Waals surface area contributed by atoms with Gasteiger partial charge in [-0.05, 0) is 77.9 Å². The van der Waals surface area contributed by atoms with E-state index in [1.807, 2.05) is 18.2 Å². The van der Waals surface area contributed by atoms with E-state index >= 15 is 0 Å². The van der Waals surface area contributed by atoms with Crippen LogP contribution in [0.2, 0.25) is 0 Å². The molecule has 5 rings (SSSR count). The molecule has 3 nitrogen and oxygen atoms in total. The smallest absolute Gasteiger partial charge is 0.197 e. The molecule has 0 amide bonds. The molecule has 0 aliphatic heterocycles. The van der Waals surface area contributed by atoms with Crippen molar-refractivity contribution in [3.05, 3.63) is 81.2 Å². The maximum atomic E-state index is 13.7. The third-order valence-corrected chi connectivity index (χ3v) is 6.98. The standard InChI is InChI=1S/C23H17FIN3S/c1-13-6-5-7-14(2)20(13)26-22-21(16-11-10-15(24)12-17(16)25)27-23-28(22)18-8-3-4-9-19(18)29-23/h3-12,26H,1-2H3. The number of hydrogen-bond donors (Lipinski definition) is 1. The van der Waals surface area contributed by atoms with Crippen LogP contribution in [0, 0.1) is 23.2 Å². The van der Waals surface area contributed by atoms with Crippen molar-refractivity contribution in [1.29, 1.82) is 0 Å². The largest absolute Gasteiger partial charge is 0.339 e. The van der Waals surface area contributed by atoms with Crippen molar-refractivity contribution in [2.24, 2.45) is 0 Å². The maximum Gasteiger partial charge on any atom is 0.197 e. The van der Waals surface area contributed by atoms with E-state index in [9.17, 15) is 4.39 Å². The molecule has 29 heavy (non-hydrogen) atoms. The Morgan fingerprint density at radius 2 is 1.76 bits per heavy atom. The van der Waals surface area contributed by atoms with Crippen LogP contribution in [0.5, 0.6) is 0 Å². The highest BCUT2D eigenvalue weighted by Crippen LogP contribution is 2.39. The number of para-hydroxylation sites is 2. The molecule has 0 spiro atoms. The minimum Gasteiger partial charge on any atom is -0.339 e.